The Kier molecular flexibility index (Phi) is 5.63. The first-order chi connectivity index (χ1) is 8.13. The Balaban J connectivity index is 2.84. The number of rotatable bonds is 4. The summed E-state index contributed by atoms with van der Waals surface area (Å²) in [6, 6.07) is 10.2. The fourth-order valence-electron chi connectivity index (χ4n) is 1.42. The van der Waals surface area contributed by atoms with E-state index in [4.69, 9.17) is 12.2 Å². The van der Waals surface area contributed by atoms with Crippen molar-refractivity contribution in [3.63, 3.8) is 0 Å². The molecular formula is C13H19N3S. The van der Waals surface area contributed by atoms with E-state index in [1.165, 1.54) is 0 Å². The number of nitrogens with zero attached hydrogens (tertiary/aromatic N) is 1. The second kappa shape index (κ2) is 7.01. The van der Waals surface area contributed by atoms with Crippen LogP contribution in [0.4, 0.5) is 0 Å². The molecule has 0 saturated heterocycles. The van der Waals surface area contributed by atoms with Crippen molar-refractivity contribution in [2.45, 2.75) is 20.3 Å². The van der Waals surface area contributed by atoms with Crippen molar-refractivity contribution in [1.82, 2.24) is 10.7 Å². The van der Waals surface area contributed by atoms with Crippen LogP contribution in [-0.4, -0.2) is 17.9 Å². The van der Waals surface area contributed by atoms with Crippen LogP contribution in [0.5, 0.6) is 0 Å². The van der Waals surface area contributed by atoms with E-state index in [-0.39, 0.29) is 0 Å². The quantitative estimate of drug-likeness (QED) is 0.489. The molecule has 0 saturated carbocycles. The normalized spacial score (nSPS) is 11.4. The SMILES string of the molecule is CNC(=S)N/N=C(\CC(C)C)c1ccccc1. The van der Waals surface area contributed by atoms with Gasteiger partial charge in [0.25, 0.3) is 0 Å². The Labute approximate surface area is 108 Å². The zero-order valence-electron chi connectivity index (χ0n) is 10.5. The van der Waals surface area contributed by atoms with Crippen molar-refractivity contribution in [1.29, 1.82) is 0 Å². The van der Waals surface area contributed by atoms with E-state index in [2.05, 4.69) is 41.8 Å². The summed E-state index contributed by atoms with van der Waals surface area (Å²) in [6.45, 7) is 4.35. The third kappa shape index (κ3) is 4.95. The van der Waals surface area contributed by atoms with Gasteiger partial charge in [-0.15, -0.1) is 0 Å². The van der Waals surface area contributed by atoms with Gasteiger partial charge in [-0.2, -0.15) is 5.10 Å². The fourth-order valence-corrected chi connectivity index (χ4v) is 1.47. The van der Waals surface area contributed by atoms with Crippen molar-refractivity contribution in [3.8, 4) is 0 Å². The Hall–Kier alpha value is -1.42. The summed E-state index contributed by atoms with van der Waals surface area (Å²) in [5.74, 6) is 0.555. The summed E-state index contributed by atoms with van der Waals surface area (Å²) in [4.78, 5) is 0. The summed E-state index contributed by atoms with van der Waals surface area (Å²) in [5, 5.41) is 7.74. The Morgan fingerprint density at radius 2 is 1.94 bits per heavy atom. The third-order valence-corrected chi connectivity index (χ3v) is 2.52. The molecule has 0 spiro atoms. The van der Waals surface area contributed by atoms with Gasteiger partial charge in [-0.3, -0.25) is 5.43 Å². The first-order valence-electron chi connectivity index (χ1n) is 5.73. The molecule has 0 aromatic heterocycles. The number of hydrogen-bond donors (Lipinski definition) is 2. The van der Waals surface area contributed by atoms with Crippen molar-refractivity contribution in [2.24, 2.45) is 11.0 Å². The summed E-state index contributed by atoms with van der Waals surface area (Å²) in [5.41, 5.74) is 5.00. The van der Waals surface area contributed by atoms with Crippen LogP contribution in [-0.2, 0) is 0 Å². The highest BCUT2D eigenvalue weighted by Crippen LogP contribution is 2.09. The van der Waals surface area contributed by atoms with E-state index >= 15 is 0 Å². The summed E-state index contributed by atoms with van der Waals surface area (Å²) < 4.78 is 0. The van der Waals surface area contributed by atoms with Crippen LogP contribution >= 0.6 is 12.2 Å². The molecule has 0 bridgehead atoms. The van der Waals surface area contributed by atoms with Gasteiger partial charge >= 0.3 is 0 Å². The Bertz CT molecular complexity index is 385. The first-order valence-corrected chi connectivity index (χ1v) is 6.14. The van der Waals surface area contributed by atoms with Crippen molar-refractivity contribution in [2.75, 3.05) is 7.05 Å². The number of thiocarbonyl (C=S) groups is 1. The zero-order chi connectivity index (χ0) is 12.7. The third-order valence-electron chi connectivity index (χ3n) is 2.23. The van der Waals surface area contributed by atoms with Gasteiger partial charge in [0.05, 0.1) is 5.71 Å². The number of benzene rings is 1. The molecule has 92 valence electrons. The predicted molar refractivity (Wildman–Crippen MR) is 77.2 cm³/mol. The molecule has 0 atom stereocenters. The second-order valence-electron chi connectivity index (χ2n) is 4.21. The van der Waals surface area contributed by atoms with Gasteiger partial charge in [0.15, 0.2) is 5.11 Å². The smallest absolute Gasteiger partial charge is 0.186 e. The standard InChI is InChI=1S/C13H19N3S/c1-10(2)9-12(15-16-13(17)14-3)11-7-5-4-6-8-11/h4-8,10H,9H2,1-3H3,(H2,14,16,17)/b15-12+. The lowest BCUT2D eigenvalue weighted by Crippen LogP contribution is -2.29. The van der Waals surface area contributed by atoms with Gasteiger partial charge in [-0.25, -0.2) is 0 Å². The van der Waals surface area contributed by atoms with Crippen LogP contribution in [0.2, 0.25) is 0 Å². The van der Waals surface area contributed by atoms with Gasteiger partial charge in [0, 0.05) is 7.05 Å². The van der Waals surface area contributed by atoms with E-state index < -0.39 is 0 Å². The van der Waals surface area contributed by atoms with Gasteiger partial charge in [-0.1, -0.05) is 44.2 Å². The highest BCUT2D eigenvalue weighted by Gasteiger charge is 2.06. The molecule has 0 fully saturated rings. The minimum absolute atomic E-state index is 0.530. The first kappa shape index (κ1) is 13.6. The van der Waals surface area contributed by atoms with E-state index in [0.29, 0.717) is 11.0 Å². The van der Waals surface area contributed by atoms with Crippen molar-refractivity contribution >= 4 is 23.0 Å². The molecule has 0 aliphatic heterocycles. The van der Waals surface area contributed by atoms with E-state index in [9.17, 15) is 0 Å². The minimum Gasteiger partial charge on any atom is -0.364 e. The molecule has 17 heavy (non-hydrogen) atoms. The van der Waals surface area contributed by atoms with E-state index in [0.717, 1.165) is 17.7 Å². The topological polar surface area (TPSA) is 36.4 Å². The minimum atomic E-state index is 0.530. The zero-order valence-corrected chi connectivity index (χ0v) is 11.3. The maximum atomic E-state index is 5.01. The van der Waals surface area contributed by atoms with Crippen LogP contribution in [0.15, 0.2) is 35.4 Å². The second-order valence-corrected chi connectivity index (χ2v) is 4.62. The monoisotopic (exact) mass is 249 g/mol. The molecule has 0 heterocycles. The van der Waals surface area contributed by atoms with E-state index in [1.807, 2.05) is 18.2 Å². The molecule has 1 rings (SSSR count). The molecule has 2 N–H and O–H groups in total. The lowest BCUT2D eigenvalue weighted by Gasteiger charge is -2.10. The summed E-state index contributed by atoms with van der Waals surface area (Å²) in [7, 11) is 1.77. The summed E-state index contributed by atoms with van der Waals surface area (Å²) >= 11 is 5.01. The fraction of sp³-hybridized carbons (Fsp3) is 0.385. The van der Waals surface area contributed by atoms with Crippen LogP contribution in [0.3, 0.4) is 0 Å². The van der Waals surface area contributed by atoms with E-state index in [1.54, 1.807) is 7.05 Å². The van der Waals surface area contributed by atoms with Gasteiger partial charge in [-0.05, 0) is 30.1 Å². The largest absolute Gasteiger partial charge is 0.364 e. The van der Waals surface area contributed by atoms with Crippen LogP contribution < -0.4 is 10.7 Å². The average molecular weight is 249 g/mol. The molecular weight excluding hydrogens is 230 g/mol. The Morgan fingerprint density at radius 1 is 1.29 bits per heavy atom. The van der Waals surface area contributed by atoms with Crippen LogP contribution in [0.1, 0.15) is 25.8 Å². The molecule has 0 amide bonds. The highest BCUT2D eigenvalue weighted by molar-refractivity contribution is 7.80. The number of nitrogens with one attached hydrogen (secondary N) is 2. The molecule has 0 aliphatic carbocycles. The van der Waals surface area contributed by atoms with Crippen LogP contribution in [0, 0.1) is 5.92 Å². The maximum absolute atomic E-state index is 5.01. The predicted octanol–water partition coefficient (Wildman–Crippen LogP) is 2.53. The highest BCUT2D eigenvalue weighted by atomic mass is 32.1. The lowest BCUT2D eigenvalue weighted by atomic mass is 10.0. The number of hydrogen-bond acceptors (Lipinski definition) is 2. The lowest BCUT2D eigenvalue weighted by molar-refractivity contribution is 0.681. The van der Waals surface area contributed by atoms with Crippen molar-refractivity contribution in [3.05, 3.63) is 35.9 Å². The molecule has 3 nitrogen and oxygen atoms in total. The molecule has 0 radical (unpaired) electrons. The summed E-state index contributed by atoms with van der Waals surface area (Å²) in [6.07, 6.45) is 0.920. The molecule has 0 aliphatic rings. The molecule has 1 aromatic carbocycles. The van der Waals surface area contributed by atoms with Gasteiger partial charge < -0.3 is 5.32 Å². The Morgan fingerprint density at radius 3 is 2.47 bits per heavy atom. The maximum Gasteiger partial charge on any atom is 0.186 e. The number of hydrazone groups is 1. The van der Waals surface area contributed by atoms with Crippen molar-refractivity contribution < 1.29 is 0 Å². The molecule has 1 aromatic rings. The van der Waals surface area contributed by atoms with Crippen LogP contribution in [0.25, 0.3) is 0 Å². The van der Waals surface area contributed by atoms with Gasteiger partial charge in [0.2, 0.25) is 0 Å². The molecule has 0 unspecified atom stereocenters. The van der Waals surface area contributed by atoms with Gasteiger partial charge in [0.1, 0.15) is 0 Å². The molecule has 4 heteroatoms. The average Bonchev–Trinajstić information content (AvgIpc) is 2.34.